The predicted molar refractivity (Wildman–Crippen MR) is 44.5 cm³/mol. The topological polar surface area (TPSA) is 110 Å². The van der Waals surface area contributed by atoms with Crippen molar-refractivity contribution in [2.45, 2.75) is 0 Å². The summed E-state index contributed by atoms with van der Waals surface area (Å²) in [7, 11) is 0. The molecule has 0 aromatic heterocycles. The first-order valence-corrected chi connectivity index (χ1v) is 3.39. The van der Waals surface area contributed by atoms with Crippen molar-refractivity contribution in [1.29, 1.82) is 5.26 Å². The van der Waals surface area contributed by atoms with E-state index in [1.54, 1.807) is 6.07 Å². The largest absolute Gasteiger partial charge is 0.347 e. The number of rotatable bonds is 2. The lowest BCUT2D eigenvalue weighted by atomic mass is 10.2. The van der Waals surface area contributed by atoms with Crippen LogP contribution in [0.4, 0.5) is 11.4 Å². The molecule has 0 spiro atoms. The Kier molecular flexibility index (Phi) is 2.39. The monoisotopic (exact) mass is 193 g/mol. The molecule has 0 heterocycles. The van der Waals surface area contributed by atoms with E-state index in [0.29, 0.717) is 0 Å². The van der Waals surface area contributed by atoms with Crippen molar-refractivity contribution in [3.63, 3.8) is 0 Å². The van der Waals surface area contributed by atoms with Gasteiger partial charge >= 0.3 is 11.4 Å². The summed E-state index contributed by atoms with van der Waals surface area (Å²) in [6.07, 6.45) is 0. The molecule has 1 rings (SSSR count). The first-order chi connectivity index (χ1) is 6.56. The summed E-state index contributed by atoms with van der Waals surface area (Å²) in [5.74, 6) is 0. The maximum atomic E-state index is 10.4. The second kappa shape index (κ2) is 3.49. The third-order valence-electron chi connectivity index (χ3n) is 1.50. The van der Waals surface area contributed by atoms with Gasteiger partial charge < -0.3 is 0 Å². The van der Waals surface area contributed by atoms with Crippen molar-refractivity contribution >= 4 is 11.4 Å². The lowest BCUT2D eigenvalue weighted by Crippen LogP contribution is -1.96. The first kappa shape index (κ1) is 9.60. The van der Waals surface area contributed by atoms with E-state index in [2.05, 4.69) is 0 Å². The highest BCUT2D eigenvalue weighted by Gasteiger charge is 2.23. The Balaban J connectivity index is 3.40. The standard InChI is InChI=1S/C7H3N3O4/c8-4-5-1-2-6(9(11)12)7(3-5)10(13)14/h1-3H. The molecule has 7 nitrogen and oxygen atoms in total. The number of hydrogen-bond donors (Lipinski definition) is 0. The van der Waals surface area contributed by atoms with Crippen LogP contribution in [0.15, 0.2) is 18.2 Å². The van der Waals surface area contributed by atoms with Crippen molar-refractivity contribution in [3.05, 3.63) is 44.0 Å². The Morgan fingerprint density at radius 2 is 1.71 bits per heavy atom. The smallest absolute Gasteiger partial charge is 0.258 e. The van der Waals surface area contributed by atoms with E-state index in [-0.39, 0.29) is 5.56 Å². The maximum absolute atomic E-state index is 10.4. The molecule has 0 atom stereocenters. The maximum Gasteiger partial charge on any atom is 0.347 e. The normalized spacial score (nSPS) is 9.07. The second-order valence-corrected chi connectivity index (χ2v) is 2.33. The Morgan fingerprint density at radius 1 is 1.14 bits per heavy atom. The van der Waals surface area contributed by atoms with E-state index in [1.807, 2.05) is 0 Å². The van der Waals surface area contributed by atoms with Crippen LogP contribution in [-0.2, 0) is 0 Å². The molecule has 70 valence electrons. The summed E-state index contributed by atoms with van der Waals surface area (Å²) >= 11 is 0. The summed E-state index contributed by atoms with van der Waals surface area (Å²) in [5, 5.41) is 29.2. The fraction of sp³-hybridized carbons (Fsp3) is 0. The van der Waals surface area contributed by atoms with Gasteiger partial charge in [-0.1, -0.05) is 0 Å². The van der Waals surface area contributed by atoms with Gasteiger partial charge in [0.25, 0.3) is 0 Å². The fourth-order valence-electron chi connectivity index (χ4n) is 0.894. The molecule has 0 amide bonds. The molecule has 1 aromatic carbocycles. The van der Waals surface area contributed by atoms with Crippen molar-refractivity contribution in [3.8, 4) is 6.07 Å². The number of nitriles is 1. The fourth-order valence-corrected chi connectivity index (χ4v) is 0.894. The van der Waals surface area contributed by atoms with Crippen LogP contribution >= 0.6 is 0 Å². The number of nitrogens with zero attached hydrogens (tertiary/aromatic N) is 3. The van der Waals surface area contributed by atoms with Gasteiger partial charge in [0.15, 0.2) is 0 Å². The van der Waals surface area contributed by atoms with Gasteiger partial charge in [0.2, 0.25) is 0 Å². The molecule has 14 heavy (non-hydrogen) atoms. The minimum absolute atomic E-state index is 0.0160. The zero-order valence-electron chi connectivity index (χ0n) is 6.71. The molecule has 7 heteroatoms. The molecule has 1 aromatic rings. The number of benzene rings is 1. The van der Waals surface area contributed by atoms with Crippen LogP contribution in [0.1, 0.15) is 5.56 Å². The number of nitro groups is 2. The van der Waals surface area contributed by atoms with E-state index in [9.17, 15) is 20.2 Å². The average molecular weight is 193 g/mol. The molecule has 0 aliphatic heterocycles. The SMILES string of the molecule is N#Cc1ccc([N+](=O)[O-])c([N+](=O)[O-])c1. The van der Waals surface area contributed by atoms with Gasteiger partial charge in [-0.05, 0) is 6.07 Å². The van der Waals surface area contributed by atoms with E-state index >= 15 is 0 Å². The highest BCUT2D eigenvalue weighted by molar-refractivity contribution is 5.56. The lowest BCUT2D eigenvalue weighted by molar-refractivity contribution is -0.422. The summed E-state index contributed by atoms with van der Waals surface area (Å²) in [6.45, 7) is 0. The molecule has 0 radical (unpaired) electrons. The lowest BCUT2D eigenvalue weighted by Gasteiger charge is -1.94. The third kappa shape index (κ3) is 1.64. The zero-order valence-corrected chi connectivity index (χ0v) is 6.71. The Labute approximate surface area is 77.5 Å². The molecular weight excluding hydrogens is 190 g/mol. The highest BCUT2D eigenvalue weighted by atomic mass is 16.6. The summed E-state index contributed by atoms with van der Waals surface area (Å²) in [6, 6.07) is 4.63. The van der Waals surface area contributed by atoms with Gasteiger partial charge in [0.1, 0.15) is 0 Å². The molecular formula is C7H3N3O4. The highest BCUT2D eigenvalue weighted by Crippen LogP contribution is 2.26. The minimum Gasteiger partial charge on any atom is -0.258 e. The molecule has 0 N–H and O–H groups in total. The van der Waals surface area contributed by atoms with E-state index < -0.39 is 21.2 Å². The van der Waals surface area contributed by atoms with Gasteiger partial charge in [-0.3, -0.25) is 20.2 Å². The van der Waals surface area contributed by atoms with Gasteiger partial charge in [0, 0.05) is 12.1 Å². The van der Waals surface area contributed by atoms with E-state index in [1.165, 1.54) is 0 Å². The average Bonchev–Trinajstić information content (AvgIpc) is 2.16. The first-order valence-electron chi connectivity index (χ1n) is 3.39. The molecule has 0 aliphatic carbocycles. The predicted octanol–water partition coefficient (Wildman–Crippen LogP) is 1.37. The van der Waals surface area contributed by atoms with Crippen molar-refractivity contribution < 1.29 is 9.85 Å². The number of hydrogen-bond acceptors (Lipinski definition) is 5. The van der Waals surface area contributed by atoms with Crippen LogP contribution in [0.2, 0.25) is 0 Å². The quantitative estimate of drug-likeness (QED) is 0.520. The van der Waals surface area contributed by atoms with Crippen molar-refractivity contribution in [2.24, 2.45) is 0 Å². The Bertz CT molecular complexity index is 449. The van der Waals surface area contributed by atoms with Crippen molar-refractivity contribution in [2.75, 3.05) is 0 Å². The van der Waals surface area contributed by atoms with Gasteiger partial charge in [0.05, 0.1) is 21.5 Å². The zero-order chi connectivity index (χ0) is 10.7. The Morgan fingerprint density at radius 3 is 2.14 bits per heavy atom. The van der Waals surface area contributed by atoms with Crippen LogP contribution in [0.3, 0.4) is 0 Å². The van der Waals surface area contributed by atoms with Crippen LogP contribution in [0, 0.1) is 31.6 Å². The third-order valence-corrected chi connectivity index (χ3v) is 1.50. The van der Waals surface area contributed by atoms with Crippen LogP contribution in [0.25, 0.3) is 0 Å². The van der Waals surface area contributed by atoms with Gasteiger partial charge in [-0.25, -0.2) is 0 Å². The van der Waals surface area contributed by atoms with Crippen LogP contribution in [-0.4, -0.2) is 9.85 Å². The number of nitro benzene ring substituents is 2. The molecule has 0 saturated carbocycles. The van der Waals surface area contributed by atoms with E-state index in [4.69, 9.17) is 5.26 Å². The molecule has 0 fully saturated rings. The van der Waals surface area contributed by atoms with Gasteiger partial charge in [-0.2, -0.15) is 5.26 Å². The molecule has 0 saturated heterocycles. The van der Waals surface area contributed by atoms with Crippen LogP contribution < -0.4 is 0 Å². The van der Waals surface area contributed by atoms with Crippen LogP contribution in [0.5, 0.6) is 0 Å². The van der Waals surface area contributed by atoms with E-state index in [0.717, 1.165) is 18.2 Å². The van der Waals surface area contributed by atoms with Gasteiger partial charge in [-0.15, -0.1) is 0 Å². The summed E-state index contributed by atoms with van der Waals surface area (Å²) in [5.41, 5.74) is -1.27. The minimum atomic E-state index is -0.890. The summed E-state index contributed by atoms with van der Waals surface area (Å²) < 4.78 is 0. The molecule has 0 aliphatic rings. The summed E-state index contributed by atoms with van der Waals surface area (Å²) in [4.78, 5) is 19.0. The second-order valence-electron chi connectivity index (χ2n) is 2.33. The molecule has 0 bridgehead atoms. The Hall–Kier alpha value is -2.49. The van der Waals surface area contributed by atoms with Crippen molar-refractivity contribution in [1.82, 2.24) is 0 Å². The molecule has 0 unspecified atom stereocenters.